The van der Waals surface area contributed by atoms with E-state index in [2.05, 4.69) is 0 Å². The Morgan fingerprint density at radius 3 is 2.64 bits per heavy atom. The van der Waals surface area contributed by atoms with Crippen molar-refractivity contribution in [1.29, 1.82) is 0 Å². The molecule has 1 aliphatic rings. The number of nitrogens with one attached hydrogen (secondary N) is 1. The van der Waals surface area contributed by atoms with Crippen LogP contribution in [-0.2, 0) is 17.4 Å². The molecule has 0 unspecified atom stereocenters. The minimum Gasteiger partial charge on any atom is -0.493 e. The van der Waals surface area contributed by atoms with Gasteiger partial charge in [0, 0.05) is 29.9 Å². The highest BCUT2D eigenvalue weighted by Gasteiger charge is 2.23. The van der Waals surface area contributed by atoms with Gasteiger partial charge in [-0.15, -0.1) is 0 Å². The molecular formula is C17H20N2O5S. The van der Waals surface area contributed by atoms with Gasteiger partial charge in [0.2, 0.25) is 0 Å². The summed E-state index contributed by atoms with van der Waals surface area (Å²) in [5.74, 6) is 1.16. The highest BCUT2D eigenvalue weighted by Crippen LogP contribution is 2.35. The summed E-state index contributed by atoms with van der Waals surface area (Å²) in [7, 11) is -2.72. The number of hydrogen-bond donors (Lipinski definition) is 2. The molecule has 1 fully saturated rings. The van der Waals surface area contributed by atoms with E-state index in [0.29, 0.717) is 29.4 Å². The van der Waals surface area contributed by atoms with E-state index in [4.69, 9.17) is 9.29 Å². The van der Waals surface area contributed by atoms with Crippen molar-refractivity contribution >= 4 is 16.0 Å². The fraction of sp³-hybridized carbons (Fsp3) is 0.353. The number of benzene rings is 1. The maximum Gasteiger partial charge on any atom is 0.357 e. The molecule has 0 bridgehead atoms. The molecule has 1 saturated carbocycles. The molecule has 1 aliphatic carbocycles. The summed E-state index contributed by atoms with van der Waals surface area (Å²) in [5, 5.41) is 0. The average Bonchev–Trinajstić information content (AvgIpc) is 3.33. The molecule has 3 rings (SSSR count). The van der Waals surface area contributed by atoms with Crippen molar-refractivity contribution in [1.82, 2.24) is 4.57 Å². The van der Waals surface area contributed by atoms with Crippen LogP contribution in [0, 0.1) is 12.8 Å². The van der Waals surface area contributed by atoms with Gasteiger partial charge in [-0.2, -0.15) is 8.42 Å². The van der Waals surface area contributed by atoms with Gasteiger partial charge in [-0.25, -0.2) is 0 Å². The van der Waals surface area contributed by atoms with E-state index in [-0.39, 0.29) is 11.2 Å². The molecule has 134 valence electrons. The first-order chi connectivity index (χ1) is 11.7. The second-order valence-electron chi connectivity index (χ2n) is 6.37. The smallest absolute Gasteiger partial charge is 0.357 e. The lowest BCUT2D eigenvalue weighted by atomic mass is 10.0. The molecule has 8 heteroatoms. The summed E-state index contributed by atoms with van der Waals surface area (Å²) in [6, 6.07) is 6.49. The molecule has 0 atom stereocenters. The van der Waals surface area contributed by atoms with Crippen LogP contribution in [0.25, 0.3) is 11.1 Å². The molecule has 2 N–H and O–H groups in total. The van der Waals surface area contributed by atoms with Crippen LogP contribution < -0.4 is 15.0 Å². The van der Waals surface area contributed by atoms with Crippen molar-refractivity contribution in [2.24, 2.45) is 13.0 Å². The Morgan fingerprint density at radius 2 is 2.04 bits per heavy atom. The Kier molecular flexibility index (Phi) is 4.57. The van der Waals surface area contributed by atoms with E-state index in [1.54, 1.807) is 38.4 Å². The van der Waals surface area contributed by atoms with Crippen LogP contribution in [0.3, 0.4) is 0 Å². The molecule has 0 radical (unpaired) electrons. The zero-order valence-electron chi connectivity index (χ0n) is 14.0. The predicted octanol–water partition coefficient (Wildman–Crippen LogP) is 2.36. The fourth-order valence-electron chi connectivity index (χ4n) is 2.61. The quantitative estimate of drug-likeness (QED) is 0.767. The lowest BCUT2D eigenvalue weighted by Crippen LogP contribution is -2.18. The molecule has 2 aromatic rings. The lowest BCUT2D eigenvalue weighted by molar-refractivity contribution is 0.301. The zero-order chi connectivity index (χ0) is 18.2. The first kappa shape index (κ1) is 17.5. The Bertz CT molecular complexity index is 935. The molecule has 1 heterocycles. The van der Waals surface area contributed by atoms with Crippen LogP contribution in [0.4, 0.5) is 5.69 Å². The third-order valence-electron chi connectivity index (χ3n) is 4.07. The molecule has 0 amide bonds. The zero-order valence-corrected chi connectivity index (χ0v) is 14.8. The Balaban J connectivity index is 2.05. The standard InChI is InChI=1S/C17H20N2O5S/c1-11-7-13(9-19(2)17(11)20)15-8-14(18-25(21,22)23)5-6-16(15)24-10-12-3-4-12/h5-9,12,18H,3-4,10H2,1-2H3,(H,21,22,23). The summed E-state index contributed by atoms with van der Waals surface area (Å²) in [5.41, 5.74) is 2.05. The van der Waals surface area contributed by atoms with Crippen LogP contribution in [-0.4, -0.2) is 24.1 Å². The van der Waals surface area contributed by atoms with Crippen molar-refractivity contribution in [3.8, 4) is 16.9 Å². The topological polar surface area (TPSA) is 97.6 Å². The monoisotopic (exact) mass is 364 g/mol. The SMILES string of the molecule is Cc1cc(-c2cc(NS(=O)(=O)O)ccc2OCC2CC2)cn(C)c1=O. The summed E-state index contributed by atoms with van der Waals surface area (Å²) in [4.78, 5) is 11.9. The largest absolute Gasteiger partial charge is 0.493 e. The van der Waals surface area contributed by atoms with Gasteiger partial charge in [-0.3, -0.25) is 14.1 Å². The van der Waals surface area contributed by atoms with Gasteiger partial charge in [0.25, 0.3) is 5.56 Å². The Morgan fingerprint density at radius 1 is 1.32 bits per heavy atom. The highest BCUT2D eigenvalue weighted by molar-refractivity contribution is 7.87. The third-order valence-corrected chi connectivity index (χ3v) is 4.56. The van der Waals surface area contributed by atoms with Crippen LogP contribution in [0.5, 0.6) is 5.75 Å². The molecule has 0 aliphatic heterocycles. The summed E-state index contributed by atoms with van der Waals surface area (Å²) in [6.07, 6.45) is 3.97. The number of hydrogen-bond acceptors (Lipinski definition) is 4. The van der Waals surface area contributed by atoms with Gasteiger partial charge in [0.1, 0.15) is 5.75 Å². The predicted molar refractivity (Wildman–Crippen MR) is 95.2 cm³/mol. The average molecular weight is 364 g/mol. The molecule has 25 heavy (non-hydrogen) atoms. The normalized spacial score (nSPS) is 14.4. The van der Waals surface area contributed by atoms with Gasteiger partial charge < -0.3 is 9.30 Å². The van der Waals surface area contributed by atoms with Crippen molar-refractivity contribution in [2.75, 3.05) is 11.3 Å². The van der Waals surface area contributed by atoms with E-state index in [1.165, 1.54) is 10.6 Å². The molecule has 7 nitrogen and oxygen atoms in total. The van der Waals surface area contributed by atoms with E-state index < -0.39 is 10.3 Å². The van der Waals surface area contributed by atoms with Gasteiger partial charge in [-0.05, 0) is 49.9 Å². The van der Waals surface area contributed by atoms with Crippen molar-refractivity contribution in [3.63, 3.8) is 0 Å². The third kappa shape index (κ3) is 4.40. The maximum absolute atomic E-state index is 11.9. The van der Waals surface area contributed by atoms with Crippen LogP contribution >= 0.6 is 0 Å². The molecule has 1 aromatic carbocycles. The van der Waals surface area contributed by atoms with Gasteiger partial charge in [-0.1, -0.05) is 0 Å². The Labute approximate surface area is 146 Å². The first-order valence-corrected chi connectivity index (χ1v) is 9.36. The van der Waals surface area contributed by atoms with E-state index in [0.717, 1.165) is 18.4 Å². The second kappa shape index (κ2) is 6.53. The minimum absolute atomic E-state index is 0.101. The number of ether oxygens (including phenoxy) is 1. The van der Waals surface area contributed by atoms with Crippen LogP contribution in [0.15, 0.2) is 35.3 Å². The van der Waals surface area contributed by atoms with E-state index in [9.17, 15) is 13.2 Å². The van der Waals surface area contributed by atoms with Crippen molar-refractivity contribution < 1.29 is 17.7 Å². The van der Waals surface area contributed by atoms with Crippen LogP contribution in [0.1, 0.15) is 18.4 Å². The second-order valence-corrected chi connectivity index (χ2v) is 7.52. The molecular weight excluding hydrogens is 344 g/mol. The lowest BCUT2D eigenvalue weighted by Gasteiger charge is -2.15. The number of anilines is 1. The number of nitrogens with zero attached hydrogens (tertiary/aromatic N) is 1. The van der Waals surface area contributed by atoms with Crippen molar-refractivity contribution in [2.45, 2.75) is 19.8 Å². The number of pyridine rings is 1. The summed E-state index contributed by atoms with van der Waals surface area (Å²) >= 11 is 0. The number of rotatable bonds is 6. The van der Waals surface area contributed by atoms with E-state index in [1.807, 2.05) is 4.72 Å². The number of aryl methyl sites for hydroxylation is 2. The minimum atomic E-state index is -4.37. The Hall–Kier alpha value is -2.32. The highest BCUT2D eigenvalue weighted by atomic mass is 32.2. The molecule has 1 aromatic heterocycles. The van der Waals surface area contributed by atoms with Gasteiger partial charge >= 0.3 is 10.3 Å². The van der Waals surface area contributed by atoms with E-state index >= 15 is 0 Å². The molecule has 0 spiro atoms. The maximum atomic E-state index is 11.9. The number of aromatic nitrogens is 1. The van der Waals surface area contributed by atoms with Gasteiger partial charge in [0.05, 0.1) is 12.3 Å². The first-order valence-electron chi connectivity index (χ1n) is 7.92. The van der Waals surface area contributed by atoms with Crippen LogP contribution in [0.2, 0.25) is 0 Å². The fourth-order valence-corrected chi connectivity index (χ4v) is 3.04. The molecule has 0 saturated heterocycles. The summed E-state index contributed by atoms with van der Waals surface area (Å²) < 4.78 is 40.5. The summed E-state index contributed by atoms with van der Waals surface area (Å²) in [6.45, 7) is 2.32. The van der Waals surface area contributed by atoms with Gasteiger partial charge in [0.15, 0.2) is 0 Å². The van der Waals surface area contributed by atoms with Crippen molar-refractivity contribution in [3.05, 3.63) is 46.4 Å².